The zero-order chi connectivity index (χ0) is 33.5. The summed E-state index contributed by atoms with van der Waals surface area (Å²) in [6.07, 6.45) is 0. The molecule has 0 unspecified atom stereocenters. The van der Waals surface area contributed by atoms with Crippen LogP contribution in [-0.2, 0) is 5.41 Å². The first kappa shape index (κ1) is 28.3. The third kappa shape index (κ3) is 3.91. The van der Waals surface area contributed by atoms with E-state index in [2.05, 4.69) is 194 Å². The molecule has 0 atom stereocenters. The van der Waals surface area contributed by atoms with Crippen molar-refractivity contribution in [2.45, 2.75) is 5.41 Å². The molecular weight excluding hydrogens is 613 g/mol. The fourth-order valence-electron chi connectivity index (χ4n) is 9.35. The molecule has 11 rings (SSSR count). The Morgan fingerprint density at radius 2 is 0.804 bits per heavy atom. The molecule has 1 aliphatic rings. The predicted octanol–water partition coefficient (Wildman–Crippen LogP) is 13.4. The summed E-state index contributed by atoms with van der Waals surface area (Å²) < 4.78 is 0. The van der Waals surface area contributed by atoms with Gasteiger partial charge >= 0.3 is 0 Å². The molecule has 0 amide bonds. The normalized spacial score (nSPS) is 13.3. The molecule has 51 heavy (non-hydrogen) atoms. The minimum atomic E-state index is -0.415. The maximum atomic E-state index is 2.48. The second-order valence-corrected chi connectivity index (χ2v) is 14.0. The molecule has 10 aromatic carbocycles. The lowest BCUT2D eigenvalue weighted by molar-refractivity contribution is 0.769. The Hall–Kier alpha value is -6.50. The van der Waals surface area contributed by atoms with Gasteiger partial charge < -0.3 is 0 Å². The summed E-state index contributed by atoms with van der Waals surface area (Å²) in [5.41, 5.74) is 12.5. The van der Waals surface area contributed by atoms with Crippen LogP contribution in [0.15, 0.2) is 194 Å². The van der Waals surface area contributed by atoms with E-state index in [1.807, 2.05) is 0 Å². The van der Waals surface area contributed by atoms with Crippen molar-refractivity contribution in [3.8, 4) is 33.4 Å². The second-order valence-electron chi connectivity index (χ2n) is 14.0. The van der Waals surface area contributed by atoms with Gasteiger partial charge in [-0.05, 0) is 111 Å². The Morgan fingerprint density at radius 3 is 1.49 bits per heavy atom. The summed E-state index contributed by atoms with van der Waals surface area (Å²) in [4.78, 5) is 0. The van der Waals surface area contributed by atoms with Crippen LogP contribution in [0.3, 0.4) is 0 Å². The van der Waals surface area contributed by atoms with E-state index in [-0.39, 0.29) is 0 Å². The highest BCUT2D eigenvalue weighted by molar-refractivity contribution is 6.28. The first-order valence-corrected chi connectivity index (χ1v) is 17.9. The van der Waals surface area contributed by atoms with E-state index in [1.54, 1.807) is 0 Å². The number of hydrogen-bond acceptors (Lipinski definition) is 0. The molecule has 0 N–H and O–H groups in total. The van der Waals surface area contributed by atoms with Crippen LogP contribution >= 0.6 is 0 Å². The maximum absolute atomic E-state index is 2.48. The van der Waals surface area contributed by atoms with Gasteiger partial charge in [-0.25, -0.2) is 0 Å². The summed E-state index contributed by atoms with van der Waals surface area (Å²) in [5, 5.41) is 10.4. The van der Waals surface area contributed by atoms with Gasteiger partial charge in [0.25, 0.3) is 0 Å². The fourth-order valence-corrected chi connectivity index (χ4v) is 9.35. The molecular formula is C51H32. The van der Waals surface area contributed by atoms with Crippen molar-refractivity contribution >= 4 is 43.1 Å². The summed E-state index contributed by atoms with van der Waals surface area (Å²) >= 11 is 0. The van der Waals surface area contributed by atoms with Crippen molar-refractivity contribution in [2.75, 3.05) is 0 Å². The summed E-state index contributed by atoms with van der Waals surface area (Å²) in [7, 11) is 0. The highest BCUT2D eigenvalue weighted by Gasteiger charge is 2.46. The smallest absolute Gasteiger partial charge is 0.0622 e. The first-order valence-electron chi connectivity index (χ1n) is 17.9. The predicted molar refractivity (Wildman–Crippen MR) is 216 cm³/mol. The number of fused-ring (bicyclic) bond motifs is 4. The van der Waals surface area contributed by atoms with Crippen LogP contribution in [0.25, 0.3) is 76.5 Å². The van der Waals surface area contributed by atoms with Gasteiger partial charge in [-0.2, -0.15) is 0 Å². The van der Waals surface area contributed by atoms with E-state index < -0.39 is 5.41 Å². The lowest BCUT2D eigenvalue weighted by atomic mass is 9.67. The first-order chi connectivity index (χ1) is 25.3. The lowest BCUT2D eigenvalue weighted by Gasteiger charge is -2.34. The van der Waals surface area contributed by atoms with Gasteiger partial charge in [0.15, 0.2) is 0 Å². The van der Waals surface area contributed by atoms with E-state index in [9.17, 15) is 0 Å². The third-order valence-electron chi connectivity index (χ3n) is 11.5. The molecule has 0 nitrogen and oxygen atoms in total. The summed E-state index contributed by atoms with van der Waals surface area (Å²) in [6.45, 7) is 0. The molecule has 0 heteroatoms. The Kier molecular flexibility index (Phi) is 5.97. The van der Waals surface area contributed by atoms with Crippen LogP contribution in [0.5, 0.6) is 0 Å². The van der Waals surface area contributed by atoms with Crippen LogP contribution in [0.1, 0.15) is 22.3 Å². The minimum Gasteiger partial charge on any atom is -0.0622 e. The zero-order valence-electron chi connectivity index (χ0n) is 28.0. The van der Waals surface area contributed by atoms with Gasteiger partial charge in [-0.1, -0.05) is 182 Å². The SMILES string of the molecule is c1ccc(-c2ccc3ccc4c(-c5cccc6cc7c(cc56)-c5ccccc5C7(c5ccccc5)c5ccccc5)ccc5ccc2c3c54)cc1. The van der Waals surface area contributed by atoms with E-state index in [4.69, 9.17) is 0 Å². The quantitative estimate of drug-likeness (QED) is 0.167. The van der Waals surface area contributed by atoms with Gasteiger partial charge in [0.05, 0.1) is 5.41 Å². The lowest BCUT2D eigenvalue weighted by Crippen LogP contribution is -2.28. The van der Waals surface area contributed by atoms with Gasteiger partial charge in [0.1, 0.15) is 0 Å². The van der Waals surface area contributed by atoms with Crippen LogP contribution in [-0.4, -0.2) is 0 Å². The van der Waals surface area contributed by atoms with Crippen molar-refractivity contribution in [3.63, 3.8) is 0 Å². The average molecular weight is 645 g/mol. The molecule has 0 radical (unpaired) electrons. The monoisotopic (exact) mass is 644 g/mol. The van der Waals surface area contributed by atoms with Crippen molar-refractivity contribution in [1.82, 2.24) is 0 Å². The van der Waals surface area contributed by atoms with E-state index in [0.717, 1.165) is 0 Å². The molecule has 1 aliphatic carbocycles. The van der Waals surface area contributed by atoms with E-state index in [1.165, 1.54) is 98.7 Å². The number of benzene rings is 10. The average Bonchev–Trinajstić information content (AvgIpc) is 3.49. The minimum absolute atomic E-state index is 0.415. The van der Waals surface area contributed by atoms with Crippen molar-refractivity contribution in [3.05, 3.63) is 216 Å². The molecule has 0 spiro atoms. The highest BCUT2D eigenvalue weighted by atomic mass is 14.5. The molecule has 0 fully saturated rings. The molecule has 0 bridgehead atoms. The van der Waals surface area contributed by atoms with E-state index >= 15 is 0 Å². The zero-order valence-corrected chi connectivity index (χ0v) is 28.0. The molecule has 0 saturated carbocycles. The molecule has 0 heterocycles. The summed E-state index contributed by atoms with van der Waals surface area (Å²) in [6, 6.07) is 72.3. The van der Waals surface area contributed by atoms with Crippen molar-refractivity contribution < 1.29 is 0 Å². The maximum Gasteiger partial charge on any atom is 0.0713 e. The van der Waals surface area contributed by atoms with Gasteiger partial charge in [0, 0.05) is 0 Å². The largest absolute Gasteiger partial charge is 0.0713 e. The Labute approximate surface area is 297 Å². The van der Waals surface area contributed by atoms with Crippen LogP contribution in [0.4, 0.5) is 0 Å². The number of hydrogen-bond donors (Lipinski definition) is 0. The van der Waals surface area contributed by atoms with Gasteiger partial charge in [0.2, 0.25) is 0 Å². The molecule has 0 aromatic heterocycles. The van der Waals surface area contributed by atoms with Gasteiger partial charge in [-0.15, -0.1) is 0 Å². The molecule has 236 valence electrons. The van der Waals surface area contributed by atoms with Crippen molar-refractivity contribution in [1.29, 1.82) is 0 Å². The molecule has 0 aliphatic heterocycles. The fraction of sp³-hybridized carbons (Fsp3) is 0.0196. The second kappa shape index (κ2) is 10.7. The topological polar surface area (TPSA) is 0 Å². The Morgan fingerprint density at radius 1 is 0.275 bits per heavy atom. The van der Waals surface area contributed by atoms with Crippen LogP contribution in [0, 0.1) is 0 Å². The van der Waals surface area contributed by atoms with Crippen LogP contribution in [0.2, 0.25) is 0 Å². The van der Waals surface area contributed by atoms with Gasteiger partial charge in [-0.3, -0.25) is 0 Å². The molecule has 10 aromatic rings. The molecule has 0 saturated heterocycles. The van der Waals surface area contributed by atoms with Crippen molar-refractivity contribution in [2.24, 2.45) is 0 Å². The summed E-state index contributed by atoms with van der Waals surface area (Å²) in [5.74, 6) is 0. The third-order valence-corrected chi connectivity index (χ3v) is 11.5. The Bertz CT molecular complexity index is 2900. The standard InChI is InChI=1S/C51H32/c1-4-13-33(14-5-1)39-27-23-34-26-30-44-41(28-24-35-25-29-43(39)49(34)50(35)44)40-21-12-15-36-31-48-46(32-45(36)40)42-20-10-11-22-47(42)51(48,37-16-6-2-7-17-37)38-18-8-3-9-19-38/h1-32H. The van der Waals surface area contributed by atoms with Crippen LogP contribution < -0.4 is 0 Å². The van der Waals surface area contributed by atoms with E-state index in [0.29, 0.717) is 0 Å². The highest BCUT2D eigenvalue weighted by Crippen LogP contribution is 2.57. The Balaban J connectivity index is 1.20. The number of rotatable bonds is 4.